The van der Waals surface area contributed by atoms with E-state index in [1.165, 1.54) is 0 Å². The predicted octanol–water partition coefficient (Wildman–Crippen LogP) is 1.97. The Hall–Kier alpha value is -1.62. The number of nitrogens with zero attached hydrogens (tertiary/aromatic N) is 2. The molecular weight excluding hydrogens is 252 g/mol. The Morgan fingerprint density at radius 1 is 1.30 bits per heavy atom. The monoisotopic (exact) mass is 278 g/mol. The number of amides is 1. The van der Waals surface area contributed by atoms with Crippen LogP contribution in [0.1, 0.15) is 38.2 Å². The van der Waals surface area contributed by atoms with Gasteiger partial charge in [0.25, 0.3) is 5.91 Å². The van der Waals surface area contributed by atoms with Crippen LogP contribution in [-0.4, -0.2) is 48.0 Å². The Morgan fingerprint density at radius 2 is 2.00 bits per heavy atom. The van der Waals surface area contributed by atoms with Crippen LogP contribution in [0.15, 0.2) is 18.2 Å². The molecule has 112 valence electrons. The smallest absolute Gasteiger partial charge is 0.270 e. The van der Waals surface area contributed by atoms with Gasteiger partial charge >= 0.3 is 0 Å². The number of aromatic nitrogens is 1. The summed E-state index contributed by atoms with van der Waals surface area (Å²) in [4.78, 5) is 18.6. The maximum Gasteiger partial charge on any atom is 0.270 e. The van der Waals surface area contributed by atoms with Gasteiger partial charge in [-0.15, -0.1) is 0 Å². The summed E-state index contributed by atoms with van der Waals surface area (Å²) in [5, 5.41) is 6.10. The molecule has 1 rings (SSSR count). The first-order valence-corrected chi connectivity index (χ1v) is 7.31. The Kier molecular flexibility index (Phi) is 7.01. The average molecular weight is 278 g/mol. The number of hydrogen-bond acceptors (Lipinski definition) is 4. The molecule has 0 saturated heterocycles. The Balaban J connectivity index is 2.50. The largest absolute Gasteiger partial charge is 0.368 e. The minimum Gasteiger partial charge on any atom is -0.368 e. The van der Waals surface area contributed by atoms with Gasteiger partial charge in [0.2, 0.25) is 0 Å². The fourth-order valence-electron chi connectivity index (χ4n) is 1.90. The van der Waals surface area contributed by atoms with E-state index in [1.54, 1.807) is 6.07 Å². The van der Waals surface area contributed by atoms with Crippen molar-refractivity contribution in [2.45, 2.75) is 33.7 Å². The van der Waals surface area contributed by atoms with Gasteiger partial charge in [-0.2, -0.15) is 0 Å². The van der Waals surface area contributed by atoms with Gasteiger partial charge in [0.05, 0.1) is 0 Å². The van der Waals surface area contributed by atoms with Crippen LogP contribution in [0.4, 0.5) is 5.82 Å². The number of hydrogen-bond donors (Lipinski definition) is 2. The first-order valence-electron chi connectivity index (χ1n) is 7.31. The molecule has 2 N–H and O–H groups in total. The van der Waals surface area contributed by atoms with E-state index in [2.05, 4.69) is 34.4 Å². The summed E-state index contributed by atoms with van der Waals surface area (Å²) >= 11 is 0. The van der Waals surface area contributed by atoms with Crippen molar-refractivity contribution in [1.29, 1.82) is 0 Å². The number of carbonyl (C=O) groups excluding carboxylic acids is 1. The van der Waals surface area contributed by atoms with Gasteiger partial charge in [0.15, 0.2) is 0 Å². The molecular formula is C15H26N4O. The van der Waals surface area contributed by atoms with E-state index in [1.807, 2.05) is 26.0 Å². The van der Waals surface area contributed by atoms with Gasteiger partial charge in [0.1, 0.15) is 11.5 Å². The number of anilines is 1. The van der Waals surface area contributed by atoms with Crippen LogP contribution >= 0.6 is 0 Å². The third-order valence-corrected chi connectivity index (χ3v) is 3.03. The summed E-state index contributed by atoms with van der Waals surface area (Å²) < 4.78 is 0. The van der Waals surface area contributed by atoms with E-state index in [4.69, 9.17) is 0 Å². The summed E-state index contributed by atoms with van der Waals surface area (Å²) in [5.41, 5.74) is 0.454. The Bertz CT molecular complexity index is 416. The standard InChI is InChI=1S/C15H26N4O/c1-5-19(6-2)11-10-16-15(20)13-8-7-9-14(18-13)17-12(3)4/h7-9,12H,5-6,10-11H2,1-4H3,(H,16,20)(H,17,18). The van der Waals surface area contributed by atoms with Crippen molar-refractivity contribution in [2.24, 2.45) is 0 Å². The maximum atomic E-state index is 12.0. The average Bonchev–Trinajstić information content (AvgIpc) is 2.43. The van der Waals surface area contributed by atoms with Crippen LogP contribution < -0.4 is 10.6 Å². The zero-order valence-corrected chi connectivity index (χ0v) is 12.9. The third kappa shape index (κ3) is 5.57. The van der Waals surface area contributed by atoms with Crippen LogP contribution in [0.5, 0.6) is 0 Å². The van der Waals surface area contributed by atoms with Gasteiger partial charge in [0, 0.05) is 19.1 Å². The van der Waals surface area contributed by atoms with Gasteiger partial charge in [-0.1, -0.05) is 19.9 Å². The summed E-state index contributed by atoms with van der Waals surface area (Å²) in [6, 6.07) is 5.74. The van der Waals surface area contributed by atoms with Gasteiger partial charge in [-0.3, -0.25) is 4.79 Å². The normalized spacial score (nSPS) is 10.9. The van der Waals surface area contributed by atoms with Crippen LogP contribution in [0.2, 0.25) is 0 Å². The first-order chi connectivity index (χ1) is 9.56. The third-order valence-electron chi connectivity index (χ3n) is 3.03. The molecule has 5 nitrogen and oxygen atoms in total. The van der Waals surface area contributed by atoms with Crippen molar-refractivity contribution in [3.63, 3.8) is 0 Å². The van der Waals surface area contributed by atoms with Crippen LogP contribution in [-0.2, 0) is 0 Å². The summed E-state index contributed by atoms with van der Waals surface area (Å²) in [6.45, 7) is 11.8. The Labute approximate surface area is 121 Å². The van der Waals surface area contributed by atoms with Crippen molar-refractivity contribution in [2.75, 3.05) is 31.5 Å². The molecule has 0 aliphatic heterocycles. The zero-order valence-electron chi connectivity index (χ0n) is 12.9. The van der Waals surface area contributed by atoms with Crippen molar-refractivity contribution >= 4 is 11.7 Å². The van der Waals surface area contributed by atoms with E-state index in [0.717, 1.165) is 25.5 Å². The molecule has 0 atom stereocenters. The molecule has 0 spiro atoms. The number of carbonyl (C=O) groups is 1. The second-order valence-electron chi connectivity index (χ2n) is 4.99. The van der Waals surface area contributed by atoms with Crippen molar-refractivity contribution < 1.29 is 4.79 Å². The molecule has 0 unspecified atom stereocenters. The molecule has 1 heterocycles. The molecule has 1 aromatic heterocycles. The molecule has 0 saturated carbocycles. The lowest BCUT2D eigenvalue weighted by atomic mass is 10.3. The van der Waals surface area contributed by atoms with Crippen LogP contribution in [0, 0.1) is 0 Å². The van der Waals surface area contributed by atoms with Crippen molar-refractivity contribution in [3.8, 4) is 0 Å². The molecule has 0 fully saturated rings. The lowest BCUT2D eigenvalue weighted by Crippen LogP contribution is -2.35. The molecule has 20 heavy (non-hydrogen) atoms. The molecule has 0 aliphatic rings. The minimum absolute atomic E-state index is 0.121. The maximum absolute atomic E-state index is 12.0. The lowest BCUT2D eigenvalue weighted by Gasteiger charge is -2.18. The summed E-state index contributed by atoms with van der Waals surface area (Å²) in [6.07, 6.45) is 0. The quantitative estimate of drug-likeness (QED) is 0.763. The van der Waals surface area contributed by atoms with Crippen LogP contribution in [0.25, 0.3) is 0 Å². The number of likely N-dealkylation sites (N-methyl/N-ethyl adjacent to an activating group) is 1. The SMILES string of the molecule is CCN(CC)CCNC(=O)c1cccc(NC(C)C)n1. The van der Waals surface area contributed by atoms with E-state index in [0.29, 0.717) is 18.3 Å². The second-order valence-corrected chi connectivity index (χ2v) is 4.99. The predicted molar refractivity (Wildman–Crippen MR) is 83.1 cm³/mol. The highest BCUT2D eigenvalue weighted by Gasteiger charge is 2.08. The fourth-order valence-corrected chi connectivity index (χ4v) is 1.90. The van der Waals surface area contributed by atoms with E-state index in [-0.39, 0.29) is 5.91 Å². The van der Waals surface area contributed by atoms with Gasteiger partial charge in [-0.05, 0) is 39.1 Å². The summed E-state index contributed by atoms with van der Waals surface area (Å²) in [5.74, 6) is 0.612. The molecule has 0 radical (unpaired) electrons. The van der Waals surface area contributed by atoms with Gasteiger partial charge in [-0.25, -0.2) is 4.98 Å². The number of pyridine rings is 1. The second kappa shape index (κ2) is 8.53. The minimum atomic E-state index is -0.121. The highest BCUT2D eigenvalue weighted by Crippen LogP contribution is 2.06. The molecule has 1 amide bonds. The highest BCUT2D eigenvalue weighted by molar-refractivity contribution is 5.92. The number of nitrogens with one attached hydrogen (secondary N) is 2. The lowest BCUT2D eigenvalue weighted by molar-refractivity contribution is 0.0944. The van der Waals surface area contributed by atoms with Gasteiger partial charge < -0.3 is 15.5 Å². The Morgan fingerprint density at radius 3 is 2.60 bits per heavy atom. The zero-order chi connectivity index (χ0) is 15.0. The molecule has 5 heteroatoms. The molecule has 0 aliphatic carbocycles. The summed E-state index contributed by atoms with van der Waals surface area (Å²) in [7, 11) is 0. The van der Waals surface area contributed by atoms with Crippen molar-refractivity contribution in [1.82, 2.24) is 15.2 Å². The number of rotatable bonds is 8. The fraction of sp³-hybridized carbons (Fsp3) is 0.600. The van der Waals surface area contributed by atoms with Crippen LogP contribution in [0.3, 0.4) is 0 Å². The van der Waals surface area contributed by atoms with E-state index >= 15 is 0 Å². The molecule has 0 bridgehead atoms. The topological polar surface area (TPSA) is 57.3 Å². The molecule has 0 aromatic carbocycles. The molecule has 1 aromatic rings. The first kappa shape index (κ1) is 16.4. The van der Waals surface area contributed by atoms with Crippen molar-refractivity contribution in [3.05, 3.63) is 23.9 Å². The highest BCUT2D eigenvalue weighted by atomic mass is 16.1. The van der Waals surface area contributed by atoms with E-state index in [9.17, 15) is 4.79 Å². The van der Waals surface area contributed by atoms with E-state index < -0.39 is 0 Å².